The molecule has 0 aliphatic rings. The highest BCUT2D eigenvalue weighted by molar-refractivity contribution is 7.07. The van der Waals surface area contributed by atoms with Gasteiger partial charge in [0, 0.05) is 6.42 Å². The summed E-state index contributed by atoms with van der Waals surface area (Å²) in [6, 6.07) is 2.12. The fourth-order valence-electron chi connectivity index (χ4n) is 1.06. The maximum absolute atomic E-state index is 10.4. The molecule has 0 unspecified atom stereocenters. The number of carbonyl (C=O) groups excluding carboxylic acids is 1. The second kappa shape index (κ2) is 8.99. The van der Waals surface area contributed by atoms with E-state index in [0.29, 0.717) is 6.42 Å². The number of aryl methyl sites for hydroxylation is 1. The summed E-state index contributed by atoms with van der Waals surface area (Å²) in [5.41, 5.74) is 6.38. The molecule has 4 N–H and O–H groups in total. The number of hydrogen-bond donors (Lipinski definition) is 1. The molecule has 14 heavy (non-hydrogen) atoms. The van der Waals surface area contributed by atoms with Crippen LogP contribution < -0.4 is 5.73 Å². The summed E-state index contributed by atoms with van der Waals surface area (Å²) < 4.78 is 0. The molecule has 0 saturated carbocycles. The number of thiophene rings is 1. The fourth-order valence-corrected chi connectivity index (χ4v) is 1.77. The lowest BCUT2D eigenvalue weighted by molar-refractivity contribution is -0.118. The molecule has 3 nitrogen and oxygen atoms in total. The first-order valence-electron chi connectivity index (χ1n) is 4.08. The van der Waals surface area contributed by atoms with Gasteiger partial charge in [-0.05, 0) is 41.7 Å². The smallest absolute Gasteiger partial charge is 0.217 e. The van der Waals surface area contributed by atoms with Crippen molar-refractivity contribution >= 4 is 29.7 Å². The Morgan fingerprint density at radius 2 is 2.14 bits per heavy atom. The Morgan fingerprint density at radius 1 is 1.43 bits per heavy atom. The largest absolute Gasteiger partial charge is 0.412 e. The number of carbonyl (C=O) groups is 1. The molecule has 0 radical (unpaired) electrons. The van der Waals surface area contributed by atoms with Gasteiger partial charge in [-0.25, -0.2) is 0 Å². The van der Waals surface area contributed by atoms with Gasteiger partial charge in [0.15, 0.2) is 0 Å². The van der Waals surface area contributed by atoms with E-state index in [-0.39, 0.29) is 23.8 Å². The summed E-state index contributed by atoms with van der Waals surface area (Å²) in [4.78, 5) is 10.4. The molecule has 0 atom stereocenters. The Labute approximate surface area is 94.0 Å². The predicted octanol–water partition coefficient (Wildman–Crippen LogP) is 1.54. The van der Waals surface area contributed by atoms with Crippen molar-refractivity contribution in [2.75, 3.05) is 0 Å². The van der Waals surface area contributed by atoms with Crippen LogP contribution in [0.15, 0.2) is 16.8 Å². The highest BCUT2D eigenvalue weighted by Crippen LogP contribution is 2.10. The Bertz CT molecular complexity index is 239. The zero-order valence-corrected chi connectivity index (χ0v) is 9.50. The summed E-state index contributed by atoms with van der Waals surface area (Å²) in [7, 11) is 0. The van der Waals surface area contributed by atoms with Crippen LogP contribution in [0.5, 0.6) is 0 Å². The zero-order chi connectivity index (χ0) is 8.81. The normalized spacial score (nSPS) is 8.57. The van der Waals surface area contributed by atoms with Gasteiger partial charge >= 0.3 is 0 Å². The maximum Gasteiger partial charge on any atom is 0.217 e. The van der Waals surface area contributed by atoms with Crippen LogP contribution in [0.1, 0.15) is 24.8 Å². The van der Waals surface area contributed by atoms with E-state index < -0.39 is 0 Å². The second-order valence-electron chi connectivity index (χ2n) is 2.81. The summed E-state index contributed by atoms with van der Waals surface area (Å²) in [5.74, 6) is -0.194. The van der Waals surface area contributed by atoms with Crippen LogP contribution in [0.4, 0.5) is 0 Å². The van der Waals surface area contributed by atoms with E-state index in [9.17, 15) is 4.79 Å². The van der Waals surface area contributed by atoms with Gasteiger partial charge in [-0.2, -0.15) is 11.3 Å². The van der Waals surface area contributed by atoms with E-state index in [1.54, 1.807) is 11.3 Å². The zero-order valence-electron chi connectivity index (χ0n) is 7.86. The molecule has 5 heteroatoms. The molecule has 1 rings (SSSR count). The molecule has 0 aromatic carbocycles. The van der Waals surface area contributed by atoms with Crippen LogP contribution >= 0.6 is 23.7 Å². The molecule has 0 bridgehead atoms. The predicted molar refractivity (Wildman–Crippen MR) is 61.9 cm³/mol. The van der Waals surface area contributed by atoms with Gasteiger partial charge in [-0.3, -0.25) is 4.79 Å². The highest BCUT2D eigenvalue weighted by atomic mass is 35.5. The third-order valence-electron chi connectivity index (χ3n) is 1.72. The van der Waals surface area contributed by atoms with E-state index in [1.807, 2.05) is 0 Å². The van der Waals surface area contributed by atoms with E-state index >= 15 is 0 Å². The minimum Gasteiger partial charge on any atom is -0.412 e. The Hall–Kier alpha value is -0.580. The van der Waals surface area contributed by atoms with Gasteiger partial charge in [-0.1, -0.05) is 0 Å². The fraction of sp³-hybridized carbons (Fsp3) is 0.444. The first-order valence-corrected chi connectivity index (χ1v) is 5.02. The Morgan fingerprint density at radius 3 is 2.64 bits per heavy atom. The molecular formula is C9H16ClNO2S. The van der Waals surface area contributed by atoms with Crippen molar-refractivity contribution < 1.29 is 10.3 Å². The molecule has 1 amide bonds. The van der Waals surface area contributed by atoms with Crippen LogP contribution in [0.25, 0.3) is 0 Å². The van der Waals surface area contributed by atoms with E-state index in [0.717, 1.165) is 19.3 Å². The topological polar surface area (TPSA) is 74.6 Å². The quantitative estimate of drug-likeness (QED) is 0.775. The molecule has 0 spiro atoms. The standard InChI is InChI=1S/C9H13NOS.ClH.H2O/c10-9(11)4-2-1-3-8-5-6-12-7-8;;/h5-7H,1-4H2,(H2,10,11);1H;1H2. The van der Waals surface area contributed by atoms with Gasteiger partial charge < -0.3 is 11.2 Å². The Kier molecular flexibility index (Phi) is 10.2. The summed E-state index contributed by atoms with van der Waals surface area (Å²) in [6.45, 7) is 0. The van der Waals surface area contributed by atoms with E-state index in [4.69, 9.17) is 5.73 Å². The van der Waals surface area contributed by atoms with Crippen molar-refractivity contribution in [3.63, 3.8) is 0 Å². The van der Waals surface area contributed by atoms with E-state index in [2.05, 4.69) is 16.8 Å². The lowest BCUT2D eigenvalue weighted by Crippen LogP contribution is -2.09. The van der Waals surface area contributed by atoms with Crippen molar-refractivity contribution in [2.24, 2.45) is 5.73 Å². The Balaban J connectivity index is 0. The number of rotatable bonds is 5. The summed E-state index contributed by atoms with van der Waals surface area (Å²) in [5, 5.41) is 4.22. The van der Waals surface area contributed by atoms with Crippen LogP contribution in [0.2, 0.25) is 0 Å². The van der Waals surface area contributed by atoms with Gasteiger partial charge in [0.1, 0.15) is 0 Å². The third kappa shape index (κ3) is 6.88. The van der Waals surface area contributed by atoms with Crippen molar-refractivity contribution in [3.8, 4) is 0 Å². The minimum absolute atomic E-state index is 0. The monoisotopic (exact) mass is 237 g/mol. The van der Waals surface area contributed by atoms with Gasteiger partial charge in [0.2, 0.25) is 5.91 Å². The first-order chi connectivity index (χ1) is 5.79. The van der Waals surface area contributed by atoms with Crippen LogP contribution in [0, 0.1) is 0 Å². The lowest BCUT2D eigenvalue weighted by atomic mass is 10.1. The third-order valence-corrected chi connectivity index (χ3v) is 2.45. The number of hydrogen-bond acceptors (Lipinski definition) is 2. The highest BCUT2D eigenvalue weighted by Gasteiger charge is 1.96. The van der Waals surface area contributed by atoms with Gasteiger partial charge in [0.05, 0.1) is 0 Å². The molecule has 0 fully saturated rings. The number of amides is 1. The summed E-state index contributed by atoms with van der Waals surface area (Å²) >= 11 is 1.71. The number of halogens is 1. The molecule has 1 aromatic heterocycles. The van der Waals surface area contributed by atoms with Crippen molar-refractivity contribution in [1.82, 2.24) is 0 Å². The van der Waals surface area contributed by atoms with Crippen LogP contribution in [-0.2, 0) is 11.2 Å². The van der Waals surface area contributed by atoms with Gasteiger partial charge in [0.25, 0.3) is 0 Å². The van der Waals surface area contributed by atoms with Crippen molar-refractivity contribution in [1.29, 1.82) is 0 Å². The van der Waals surface area contributed by atoms with Gasteiger partial charge in [-0.15, -0.1) is 12.4 Å². The molecular weight excluding hydrogens is 222 g/mol. The maximum atomic E-state index is 10.4. The van der Waals surface area contributed by atoms with E-state index in [1.165, 1.54) is 5.56 Å². The lowest BCUT2D eigenvalue weighted by Gasteiger charge is -1.95. The minimum atomic E-state index is -0.194. The van der Waals surface area contributed by atoms with Crippen molar-refractivity contribution in [2.45, 2.75) is 25.7 Å². The molecule has 0 aliphatic heterocycles. The SMILES string of the molecule is Cl.NC(=O)CCCCc1ccsc1.O. The van der Waals surface area contributed by atoms with Crippen molar-refractivity contribution in [3.05, 3.63) is 22.4 Å². The summed E-state index contributed by atoms with van der Waals surface area (Å²) in [6.07, 6.45) is 3.55. The van der Waals surface area contributed by atoms with Crippen LogP contribution in [0.3, 0.4) is 0 Å². The van der Waals surface area contributed by atoms with Crippen LogP contribution in [-0.4, -0.2) is 11.4 Å². The molecule has 1 aromatic rings. The number of nitrogens with two attached hydrogens (primary N) is 1. The molecule has 82 valence electrons. The molecule has 0 saturated heterocycles. The molecule has 0 aliphatic carbocycles. The number of primary amides is 1. The molecule has 1 heterocycles. The average molecular weight is 238 g/mol. The average Bonchev–Trinajstić information content (AvgIpc) is 2.49. The first kappa shape index (κ1) is 15.9. The number of unbranched alkanes of at least 4 members (excludes halogenated alkanes) is 1. The second-order valence-corrected chi connectivity index (χ2v) is 3.59.